The van der Waals surface area contributed by atoms with E-state index in [2.05, 4.69) is 78.4 Å². The molecule has 0 atom stereocenters. The number of para-hydroxylation sites is 3. The van der Waals surface area contributed by atoms with E-state index >= 15 is 0 Å². The van der Waals surface area contributed by atoms with Gasteiger partial charge in [0, 0.05) is 65.0 Å². The van der Waals surface area contributed by atoms with Crippen LogP contribution in [0.2, 0.25) is 0 Å². The minimum absolute atomic E-state index is 0. The van der Waals surface area contributed by atoms with Crippen molar-refractivity contribution in [1.29, 1.82) is 0 Å². The Bertz CT molecular complexity index is 4630. The van der Waals surface area contributed by atoms with Crippen molar-refractivity contribution in [2.75, 3.05) is 4.90 Å². The van der Waals surface area contributed by atoms with Crippen LogP contribution in [-0.4, -0.2) is 14.1 Å². The van der Waals surface area contributed by atoms with Crippen LogP contribution in [0.4, 0.5) is 11.4 Å². The van der Waals surface area contributed by atoms with E-state index in [1.54, 1.807) is 0 Å². The molecule has 1 aliphatic rings. The maximum Gasteiger partial charge on any atom is 0.135 e. The number of nitrogens with zero attached hydrogens (tertiary/aromatic N) is 4. The first-order valence-corrected chi connectivity index (χ1v) is 25.9. The summed E-state index contributed by atoms with van der Waals surface area (Å²) < 4.78 is 111. The average molecular weight is 1200 g/mol. The van der Waals surface area contributed by atoms with Crippen molar-refractivity contribution >= 4 is 76.5 Å². The number of ether oxygens (including phenoxy) is 1. The van der Waals surface area contributed by atoms with Crippen molar-refractivity contribution in [2.45, 2.75) is 105 Å². The van der Waals surface area contributed by atoms with E-state index in [9.17, 15) is 2.74 Å². The molecule has 0 N–H and O–H groups in total. The fourth-order valence-corrected chi connectivity index (χ4v) is 10.9. The molecule has 4 heterocycles. The molecule has 5 nitrogen and oxygen atoms in total. The van der Waals surface area contributed by atoms with Gasteiger partial charge in [0.2, 0.25) is 0 Å². The summed E-state index contributed by atoms with van der Waals surface area (Å²) in [7, 11) is 0. The molecule has 0 radical (unpaired) electrons. The molecule has 0 spiro atoms. The fourth-order valence-electron chi connectivity index (χ4n) is 10.9. The van der Waals surface area contributed by atoms with Gasteiger partial charge in [-0.05, 0) is 141 Å². The molecule has 8 aromatic carbocycles. The second kappa shape index (κ2) is 19.0. The van der Waals surface area contributed by atoms with Gasteiger partial charge in [-0.1, -0.05) is 203 Å². The van der Waals surface area contributed by atoms with Crippen molar-refractivity contribution in [3.8, 4) is 28.4 Å². The Labute approximate surface area is 484 Å². The Morgan fingerprint density at radius 3 is 1.94 bits per heavy atom. The van der Waals surface area contributed by atoms with E-state index in [0.29, 0.717) is 55.7 Å². The van der Waals surface area contributed by atoms with Crippen LogP contribution in [0.25, 0.3) is 82.1 Å². The number of fused-ring (bicyclic) bond motifs is 10. The quantitative estimate of drug-likeness (QED) is 0.156. The van der Waals surface area contributed by atoms with E-state index < -0.39 is 43.2 Å². The summed E-state index contributed by atoms with van der Waals surface area (Å²) in [5.41, 5.74) is 1.93. The van der Waals surface area contributed by atoms with Crippen LogP contribution in [-0.2, 0) is 43.7 Å². The van der Waals surface area contributed by atoms with Gasteiger partial charge in [-0.25, -0.2) is 4.98 Å². The predicted molar refractivity (Wildman–Crippen MR) is 321 cm³/mol. The normalized spacial score (nSPS) is 15.8. The van der Waals surface area contributed by atoms with Gasteiger partial charge in [0.25, 0.3) is 0 Å². The maximum atomic E-state index is 10.0. The Kier molecular flexibility index (Phi) is 9.86. The molecule has 77 heavy (non-hydrogen) atoms. The summed E-state index contributed by atoms with van der Waals surface area (Å²) in [6.45, 7) is 9.27. The number of hydrogen-bond acceptors (Lipinski definition) is 3. The minimum Gasteiger partial charge on any atom is -0.509 e. The maximum absolute atomic E-state index is 10.0. The Hall–Kier alpha value is -7.33. The molecule has 1 aliphatic heterocycles. The SMILES string of the molecule is [2H]C([2H])([2H])C(c1cc(-c2cccc3c4c(C([2H])([2H])C(C)(C)C)cccc4c4ccccc4c4cccc5c4n(c23)[CH-]N5c2[c-]c(Oc3[c-]c4c(cc3)c3ccccc3n4-c3cc(C(C)(C)C)ccn3)ccc2)cc(C(C)(C)C)c1)(C([2H])([2H])[2H])C([2H])([2H])[2H].[Pt]. The molecule has 12 rings (SSSR count). The molecule has 0 saturated carbocycles. The molecule has 390 valence electrons. The zero-order valence-corrected chi connectivity index (χ0v) is 47.0. The number of hydrogen-bond donors (Lipinski definition) is 0. The minimum atomic E-state index is -3.54. The molecule has 0 aliphatic carbocycles. The smallest absolute Gasteiger partial charge is 0.135 e. The second-order valence-electron chi connectivity index (χ2n) is 23.3. The monoisotopic (exact) mass is 1200 g/mol. The molecule has 11 aromatic rings. The van der Waals surface area contributed by atoms with Crippen LogP contribution < -0.4 is 9.64 Å². The van der Waals surface area contributed by atoms with Gasteiger partial charge in [-0.3, -0.25) is 0 Å². The van der Waals surface area contributed by atoms with Crippen LogP contribution in [0.5, 0.6) is 11.5 Å². The molecule has 0 unspecified atom stereocenters. The first kappa shape index (κ1) is 40.0. The summed E-state index contributed by atoms with van der Waals surface area (Å²) in [6, 6.07) is 59.6. The van der Waals surface area contributed by atoms with Gasteiger partial charge in [-0.2, -0.15) is 12.1 Å². The average Bonchev–Trinajstić information content (AvgIpc) is 0.807. The summed E-state index contributed by atoms with van der Waals surface area (Å²) in [6.07, 6.45) is -0.0895. The van der Waals surface area contributed by atoms with Crippen molar-refractivity contribution in [3.63, 3.8) is 0 Å². The van der Waals surface area contributed by atoms with Crippen molar-refractivity contribution < 1.29 is 40.9 Å². The molecule has 0 amide bonds. The number of anilines is 2. The van der Waals surface area contributed by atoms with E-state index in [1.807, 2.05) is 175 Å². The van der Waals surface area contributed by atoms with Crippen molar-refractivity contribution in [2.24, 2.45) is 5.41 Å². The van der Waals surface area contributed by atoms with E-state index in [4.69, 9.17) is 22.1 Å². The standard InChI is InChI=1S/C71H67N4O.Pt/c1-68(2,3)43-45-21-17-28-58-54-24-13-14-25-55(54)59-29-20-32-62-67(59)74(66-53(27-19-30-60(66)65(45)58)46-37-48(70(7,8)9)39-49(38-46)71(10,11)12)44-73(62)50-22-18-23-51(41-50)76-52-33-34-57-56-26-15-16-31-61(56)75(63(57)42-52)64-40-47(35-36-72-64)69(4,5)6;/h13-40,44H,43H2,1-12H3;/q-3;/i7D3,8D3,9D3,43D2;. The second-order valence-corrected chi connectivity index (χ2v) is 23.3. The number of benzene rings is 8. The Morgan fingerprint density at radius 2 is 1.19 bits per heavy atom. The van der Waals surface area contributed by atoms with Gasteiger partial charge < -0.3 is 18.8 Å². The molecular formula is C71H67N4OPt-3. The number of pyridine rings is 1. The molecule has 6 heteroatoms. The van der Waals surface area contributed by atoms with Crippen molar-refractivity contribution in [1.82, 2.24) is 14.1 Å². The van der Waals surface area contributed by atoms with Crippen LogP contribution in [0, 0.1) is 24.2 Å². The third-order valence-electron chi connectivity index (χ3n) is 14.5. The van der Waals surface area contributed by atoms with Crippen LogP contribution in [0.15, 0.2) is 170 Å². The van der Waals surface area contributed by atoms with E-state index in [0.717, 1.165) is 65.9 Å². The zero-order valence-electron chi connectivity index (χ0n) is 55.8. The molecule has 3 aromatic heterocycles. The summed E-state index contributed by atoms with van der Waals surface area (Å²) in [5.74, 6) is 1.63. The van der Waals surface area contributed by atoms with Gasteiger partial charge in [0.1, 0.15) is 5.82 Å². The molecule has 0 fully saturated rings. The third kappa shape index (κ3) is 9.35. The number of aromatic nitrogens is 3. The topological polar surface area (TPSA) is 35.2 Å². The first-order chi connectivity index (χ1) is 40.7. The van der Waals surface area contributed by atoms with Gasteiger partial charge in [0.15, 0.2) is 0 Å². The Balaban J connectivity index is 0.00000800. The Morgan fingerprint density at radius 1 is 0.558 bits per heavy atom. The van der Waals surface area contributed by atoms with E-state index in [1.165, 1.54) is 12.1 Å². The fraction of sp³-hybridized carbons (Fsp3) is 0.239. The van der Waals surface area contributed by atoms with Gasteiger partial charge in [-0.15, -0.1) is 35.7 Å². The van der Waals surface area contributed by atoms with Crippen LogP contribution in [0.3, 0.4) is 0 Å². The van der Waals surface area contributed by atoms with Crippen LogP contribution in [0.1, 0.15) is 120 Å². The zero-order chi connectivity index (χ0) is 62.3. The predicted octanol–water partition coefficient (Wildman–Crippen LogP) is 19.4. The van der Waals surface area contributed by atoms with Gasteiger partial charge >= 0.3 is 0 Å². The largest absolute Gasteiger partial charge is 0.509 e. The molecular weight excluding hydrogens is 1120 g/mol. The van der Waals surface area contributed by atoms with E-state index in [-0.39, 0.29) is 32.0 Å². The summed E-state index contributed by atoms with van der Waals surface area (Å²) in [4.78, 5) is 6.89. The summed E-state index contributed by atoms with van der Waals surface area (Å²) >= 11 is 0. The van der Waals surface area contributed by atoms with Gasteiger partial charge in [0.05, 0.1) is 0 Å². The van der Waals surface area contributed by atoms with Crippen LogP contribution >= 0.6 is 0 Å². The summed E-state index contributed by atoms with van der Waals surface area (Å²) in [5, 5.41) is 6.60. The molecule has 0 saturated heterocycles. The van der Waals surface area contributed by atoms with Crippen molar-refractivity contribution in [3.05, 3.63) is 211 Å². The molecule has 0 bridgehead atoms. The number of rotatable bonds is 6. The third-order valence-corrected chi connectivity index (χ3v) is 14.5. The first-order valence-electron chi connectivity index (χ1n) is 31.4.